The summed E-state index contributed by atoms with van der Waals surface area (Å²) in [5.41, 5.74) is 3.40. The molecular weight excluding hydrogens is 438 g/mol. The molecule has 1 fully saturated rings. The molecule has 3 rings (SSSR count). The fourth-order valence-corrected chi connectivity index (χ4v) is 5.64. The van der Waals surface area contributed by atoms with Gasteiger partial charge in [0.2, 0.25) is 15.8 Å². The Morgan fingerprint density at radius 1 is 0.968 bits per heavy atom. The van der Waals surface area contributed by atoms with E-state index >= 15 is 0 Å². The van der Waals surface area contributed by atoms with Gasteiger partial charge in [-0.2, -0.15) is 4.31 Å². The van der Waals surface area contributed by atoms with Crippen molar-refractivity contribution in [2.75, 3.05) is 19.7 Å². The average Bonchev–Trinajstić information content (AvgIpc) is 2.75. The standard InChI is InChI=1S/C23H26ClNO5S/c1-15-11-17(3)19(12-16(15)2)21(26)14-30-23(27)18-7-8-20(24)22(13-18)31(28,29)25-9-5-4-6-10-25/h7-8,11-13H,4-6,9-10,14H2,1-3H3. The molecule has 2 aromatic rings. The van der Waals surface area contributed by atoms with Crippen LogP contribution in [0.5, 0.6) is 0 Å². The Hall–Kier alpha value is -2.22. The van der Waals surface area contributed by atoms with Crippen molar-refractivity contribution in [3.8, 4) is 0 Å². The number of nitrogens with zero attached hydrogens (tertiary/aromatic N) is 1. The zero-order chi connectivity index (χ0) is 22.8. The summed E-state index contributed by atoms with van der Waals surface area (Å²) in [5.74, 6) is -1.09. The van der Waals surface area contributed by atoms with Gasteiger partial charge in [-0.3, -0.25) is 4.79 Å². The van der Waals surface area contributed by atoms with Crippen LogP contribution < -0.4 is 0 Å². The lowest BCUT2D eigenvalue weighted by Gasteiger charge is -2.26. The molecule has 8 heteroatoms. The molecule has 1 aliphatic heterocycles. The van der Waals surface area contributed by atoms with Crippen LogP contribution in [0.3, 0.4) is 0 Å². The number of halogens is 1. The summed E-state index contributed by atoms with van der Waals surface area (Å²) in [5, 5.41) is 0.0453. The number of Topliss-reactive ketones (excluding diaryl/α,β-unsaturated/α-hetero) is 1. The van der Waals surface area contributed by atoms with Gasteiger partial charge in [-0.15, -0.1) is 0 Å². The molecule has 0 unspecified atom stereocenters. The van der Waals surface area contributed by atoms with Gasteiger partial charge in [0.25, 0.3) is 0 Å². The van der Waals surface area contributed by atoms with Gasteiger partial charge >= 0.3 is 5.97 Å². The molecule has 0 N–H and O–H groups in total. The van der Waals surface area contributed by atoms with Gasteiger partial charge < -0.3 is 4.74 Å². The molecule has 0 atom stereocenters. The highest BCUT2D eigenvalue weighted by atomic mass is 35.5. The molecule has 0 aliphatic carbocycles. The van der Waals surface area contributed by atoms with Gasteiger partial charge in [-0.25, -0.2) is 13.2 Å². The Labute approximate surface area is 188 Å². The number of carbonyl (C=O) groups excluding carboxylic acids is 2. The number of ether oxygens (including phenoxy) is 1. The lowest BCUT2D eigenvalue weighted by atomic mass is 9.98. The van der Waals surface area contributed by atoms with Crippen molar-refractivity contribution in [1.29, 1.82) is 0 Å². The molecule has 2 aromatic carbocycles. The lowest BCUT2D eigenvalue weighted by Crippen LogP contribution is -2.35. The quantitative estimate of drug-likeness (QED) is 0.466. The summed E-state index contributed by atoms with van der Waals surface area (Å²) in [6.07, 6.45) is 2.57. The van der Waals surface area contributed by atoms with Crippen LogP contribution in [-0.4, -0.2) is 44.2 Å². The fourth-order valence-electron chi connectivity index (χ4n) is 3.63. The number of carbonyl (C=O) groups is 2. The summed E-state index contributed by atoms with van der Waals surface area (Å²) in [6.45, 7) is 6.13. The van der Waals surface area contributed by atoms with Crippen molar-refractivity contribution in [3.05, 3.63) is 63.2 Å². The SMILES string of the molecule is Cc1cc(C)c(C(=O)COC(=O)c2ccc(Cl)c(S(=O)(=O)N3CCCCC3)c2)cc1C. The number of ketones is 1. The van der Waals surface area contributed by atoms with E-state index in [1.54, 1.807) is 6.07 Å². The first-order chi connectivity index (χ1) is 14.6. The third-order valence-corrected chi connectivity index (χ3v) is 7.96. The van der Waals surface area contributed by atoms with Crippen LogP contribution in [-0.2, 0) is 14.8 Å². The highest BCUT2D eigenvalue weighted by Crippen LogP contribution is 2.28. The van der Waals surface area contributed by atoms with Crippen LogP contribution in [0.1, 0.15) is 56.7 Å². The molecule has 6 nitrogen and oxygen atoms in total. The first kappa shape index (κ1) is 23.4. The Kier molecular flexibility index (Phi) is 7.19. The number of sulfonamides is 1. The van der Waals surface area contributed by atoms with Gasteiger partial charge in [0.15, 0.2) is 6.61 Å². The Morgan fingerprint density at radius 2 is 1.61 bits per heavy atom. The van der Waals surface area contributed by atoms with Gasteiger partial charge in [-0.1, -0.05) is 24.1 Å². The van der Waals surface area contributed by atoms with E-state index in [1.807, 2.05) is 26.8 Å². The summed E-state index contributed by atoms with van der Waals surface area (Å²) in [6, 6.07) is 7.68. The van der Waals surface area contributed by atoms with E-state index in [1.165, 1.54) is 22.5 Å². The highest BCUT2D eigenvalue weighted by Gasteiger charge is 2.29. The van der Waals surface area contributed by atoms with Gasteiger partial charge in [0.05, 0.1) is 10.6 Å². The molecule has 1 heterocycles. The van der Waals surface area contributed by atoms with Crippen LogP contribution >= 0.6 is 11.6 Å². The molecule has 0 bridgehead atoms. The number of aryl methyl sites for hydroxylation is 3. The van der Waals surface area contributed by atoms with Crippen LogP contribution in [0.4, 0.5) is 0 Å². The summed E-state index contributed by atoms with van der Waals surface area (Å²) < 4.78 is 32.5. The molecule has 0 aromatic heterocycles. The minimum absolute atomic E-state index is 0.0320. The van der Waals surface area contributed by atoms with Crippen molar-refractivity contribution >= 4 is 33.4 Å². The zero-order valence-corrected chi connectivity index (χ0v) is 19.5. The molecule has 166 valence electrons. The summed E-state index contributed by atoms with van der Waals surface area (Å²) in [4.78, 5) is 25.0. The number of piperidine rings is 1. The topological polar surface area (TPSA) is 80.8 Å². The van der Waals surface area contributed by atoms with Gasteiger partial charge in [-0.05, 0) is 74.6 Å². The first-order valence-corrected chi connectivity index (χ1v) is 12.0. The smallest absolute Gasteiger partial charge is 0.338 e. The van der Waals surface area contributed by atoms with Crippen molar-refractivity contribution in [3.63, 3.8) is 0 Å². The predicted molar refractivity (Wildman–Crippen MR) is 119 cm³/mol. The van der Waals surface area contributed by atoms with E-state index in [4.69, 9.17) is 16.3 Å². The molecule has 1 saturated heterocycles. The second-order valence-corrected chi connectivity index (χ2v) is 10.2. The van der Waals surface area contributed by atoms with Crippen LogP contribution in [0.15, 0.2) is 35.2 Å². The van der Waals surface area contributed by atoms with E-state index in [2.05, 4.69) is 0 Å². The molecule has 0 amide bonds. The van der Waals surface area contributed by atoms with Crippen LogP contribution in [0.25, 0.3) is 0 Å². The zero-order valence-electron chi connectivity index (χ0n) is 17.9. The summed E-state index contributed by atoms with van der Waals surface area (Å²) >= 11 is 6.15. The molecule has 31 heavy (non-hydrogen) atoms. The number of rotatable bonds is 6. The van der Waals surface area contributed by atoms with Crippen LogP contribution in [0.2, 0.25) is 5.02 Å². The Bertz CT molecular complexity index is 1120. The largest absolute Gasteiger partial charge is 0.454 e. The first-order valence-electron chi connectivity index (χ1n) is 10.2. The normalized spacial score (nSPS) is 15.0. The average molecular weight is 464 g/mol. The number of esters is 1. The van der Waals surface area contributed by atoms with E-state index in [0.29, 0.717) is 18.7 Å². The van der Waals surface area contributed by atoms with E-state index in [9.17, 15) is 18.0 Å². The number of hydrogen-bond donors (Lipinski definition) is 0. The van der Waals surface area contributed by atoms with Gasteiger partial charge in [0, 0.05) is 18.7 Å². The number of benzene rings is 2. The predicted octanol–water partition coefficient (Wildman–Crippen LogP) is 4.48. The Morgan fingerprint density at radius 3 is 2.29 bits per heavy atom. The van der Waals surface area contributed by atoms with Crippen molar-refractivity contribution in [2.24, 2.45) is 0 Å². The second-order valence-electron chi connectivity index (χ2n) is 7.86. The summed E-state index contributed by atoms with van der Waals surface area (Å²) in [7, 11) is -3.81. The maximum absolute atomic E-state index is 13.0. The van der Waals surface area contributed by atoms with E-state index in [-0.39, 0.29) is 21.3 Å². The molecule has 0 radical (unpaired) electrons. The van der Waals surface area contributed by atoms with Crippen LogP contribution in [0, 0.1) is 20.8 Å². The lowest BCUT2D eigenvalue weighted by molar-refractivity contribution is 0.0474. The van der Waals surface area contributed by atoms with Gasteiger partial charge in [0.1, 0.15) is 4.90 Å². The minimum Gasteiger partial charge on any atom is -0.454 e. The van der Waals surface area contributed by atoms with Crippen molar-refractivity contribution < 1.29 is 22.7 Å². The van der Waals surface area contributed by atoms with Crippen molar-refractivity contribution in [1.82, 2.24) is 4.31 Å². The third-order valence-electron chi connectivity index (χ3n) is 5.58. The maximum atomic E-state index is 13.0. The molecule has 0 saturated carbocycles. The van der Waals surface area contributed by atoms with Crippen molar-refractivity contribution in [2.45, 2.75) is 44.9 Å². The molecular formula is C23H26ClNO5S. The number of hydrogen-bond acceptors (Lipinski definition) is 5. The second kappa shape index (κ2) is 9.51. The Balaban J connectivity index is 1.76. The molecule has 0 spiro atoms. The monoisotopic (exact) mass is 463 g/mol. The maximum Gasteiger partial charge on any atom is 0.338 e. The third kappa shape index (κ3) is 5.17. The molecule has 1 aliphatic rings. The fraction of sp³-hybridized carbons (Fsp3) is 0.391. The minimum atomic E-state index is -3.81. The highest BCUT2D eigenvalue weighted by molar-refractivity contribution is 7.89. The van der Waals surface area contributed by atoms with E-state index < -0.39 is 22.6 Å². The van der Waals surface area contributed by atoms with E-state index in [0.717, 1.165) is 36.0 Å².